The van der Waals surface area contributed by atoms with Gasteiger partial charge in [-0.25, -0.2) is 9.82 Å². The largest absolute Gasteiger partial charge is 0.321 e. The van der Waals surface area contributed by atoms with Crippen LogP contribution in [-0.4, -0.2) is 60.0 Å². The molecule has 41 heavy (non-hydrogen) atoms. The number of hydrazone groups is 1. The van der Waals surface area contributed by atoms with Crippen LogP contribution < -0.4 is 10.7 Å². The van der Waals surface area contributed by atoms with E-state index in [0.29, 0.717) is 27.9 Å². The van der Waals surface area contributed by atoms with Crippen molar-refractivity contribution in [2.24, 2.45) is 5.10 Å². The molecule has 0 atom stereocenters. The average molecular weight is 576 g/mol. The average Bonchev–Trinajstić information content (AvgIpc) is 2.99. The molecule has 2 heterocycles. The van der Waals surface area contributed by atoms with Crippen molar-refractivity contribution in [2.45, 2.75) is 44.7 Å². The van der Waals surface area contributed by atoms with E-state index in [9.17, 15) is 14.0 Å². The third kappa shape index (κ3) is 8.00. The van der Waals surface area contributed by atoms with Gasteiger partial charge in [0.25, 0.3) is 11.8 Å². The number of carbonyl (C=O) groups is 2. The van der Waals surface area contributed by atoms with Crippen LogP contribution in [0.3, 0.4) is 0 Å². The summed E-state index contributed by atoms with van der Waals surface area (Å²) < 4.78 is 13.4. The van der Waals surface area contributed by atoms with Gasteiger partial charge in [0.1, 0.15) is 5.82 Å². The van der Waals surface area contributed by atoms with Crippen LogP contribution in [0.5, 0.6) is 0 Å². The molecule has 2 aliphatic rings. The predicted octanol–water partition coefficient (Wildman–Crippen LogP) is 5.95. The second kappa shape index (κ2) is 13.9. The maximum atomic E-state index is 13.4. The lowest BCUT2D eigenvalue weighted by atomic mass is 9.99. The molecule has 2 N–H and O–H groups in total. The highest BCUT2D eigenvalue weighted by atomic mass is 35.5. The minimum Gasteiger partial charge on any atom is -0.321 e. The van der Waals surface area contributed by atoms with Crippen LogP contribution in [0, 0.1) is 5.82 Å². The molecule has 0 aliphatic carbocycles. The van der Waals surface area contributed by atoms with E-state index >= 15 is 0 Å². The lowest BCUT2D eigenvalue weighted by Gasteiger charge is -2.40. The Bertz CT molecular complexity index is 1400. The molecule has 3 aromatic carbocycles. The zero-order chi connectivity index (χ0) is 28.6. The second-order valence-corrected chi connectivity index (χ2v) is 11.1. The fourth-order valence-electron chi connectivity index (χ4n) is 5.62. The van der Waals surface area contributed by atoms with E-state index < -0.39 is 11.7 Å². The number of benzene rings is 3. The molecule has 2 aliphatic heterocycles. The van der Waals surface area contributed by atoms with Crippen LogP contribution >= 0.6 is 11.6 Å². The Kier molecular flexibility index (Phi) is 9.77. The highest BCUT2D eigenvalue weighted by molar-refractivity contribution is 6.31. The van der Waals surface area contributed by atoms with Gasteiger partial charge >= 0.3 is 0 Å². The minimum atomic E-state index is -0.558. The number of anilines is 1. The van der Waals surface area contributed by atoms with Crippen molar-refractivity contribution in [2.75, 3.05) is 31.5 Å². The molecule has 2 fully saturated rings. The van der Waals surface area contributed by atoms with Gasteiger partial charge in [-0.05, 0) is 105 Å². The predicted molar refractivity (Wildman–Crippen MR) is 161 cm³/mol. The first kappa shape index (κ1) is 28.9. The van der Waals surface area contributed by atoms with E-state index in [4.69, 9.17) is 11.6 Å². The molecule has 0 bridgehead atoms. The molecular formula is C32H35ClFN5O2. The molecule has 0 radical (unpaired) electrons. The molecule has 0 unspecified atom stereocenters. The Labute approximate surface area is 245 Å². The summed E-state index contributed by atoms with van der Waals surface area (Å²) in [5, 5.41) is 7.10. The van der Waals surface area contributed by atoms with E-state index in [1.54, 1.807) is 30.3 Å². The van der Waals surface area contributed by atoms with Crippen molar-refractivity contribution in [1.29, 1.82) is 0 Å². The number of piperidine rings is 2. The van der Waals surface area contributed by atoms with Crippen LogP contribution in [0.25, 0.3) is 0 Å². The number of hydrogen-bond acceptors (Lipinski definition) is 5. The Morgan fingerprint density at radius 3 is 2.49 bits per heavy atom. The zero-order valence-electron chi connectivity index (χ0n) is 23.0. The highest BCUT2D eigenvalue weighted by Gasteiger charge is 2.25. The first-order chi connectivity index (χ1) is 19.9. The normalized spacial score (nSPS) is 17.0. The van der Waals surface area contributed by atoms with Crippen LogP contribution in [0.15, 0.2) is 71.8 Å². The quantitative estimate of drug-likeness (QED) is 0.257. The van der Waals surface area contributed by atoms with Crippen LogP contribution in [0.4, 0.5) is 10.1 Å². The van der Waals surface area contributed by atoms with E-state index in [2.05, 4.69) is 25.6 Å². The van der Waals surface area contributed by atoms with Gasteiger partial charge in [0.2, 0.25) is 0 Å². The lowest BCUT2D eigenvalue weighted by Crippen LogP contribution is -2.46. The van der Waals surface area contributed by atoms with Gasteiger partial charge in [-0.15, -0.1) is 0 Å². The molecule has 5 rings (SSSR count). The van der Waals surface area contributed by atoms with E-state index in [1.165, 1.54) is 69.6 Å². The van der Waals surface area contributed by atoms with Crippen LogP contribution in [0.2, 0.25) is 5.02 Å². The summed E-state index contributed by atoms with van der Waals surface area (Å²) >= 11 is 6.15. The Morgan fingerprint density at radius 1 is 0.927 bits per heavy atom. The summed E-state index contributed by atoms with van der Waals surface area (Å²) in [6.07, 6.45) is 7.72. The number of carbonyl (C=O) groups excluding carboxylic acids is 2. The number of nitrogens with zero attached hydrogens (tertiary/aromatic N) is 3. The van der Waals surface area contributed by atoms with Crippen molar-refractivity contribution in [3.8, 4) is 0 Å². The van der Waals surface area contributed by atoms with Gasteiger partial charge in [-0.1, -0.05) is 42.3 Å². The van der Waals surface area contributed by atoms with Gasteiger partial charge in [-0.3, -0.25) is 14.5 Å². The third-order valence-electron chi connectivity index (χ3n) is 7.76. The maximum absolute atomic E-state index is 13.4. The van der Waals surface area contributed by atoms with Crippen molar-refractivity contribution >= 4 is 35.3 Å². The molecule has 214 valence electrons. The molecule has 0 aromatic heterocycles. The standard InChI is InChI=1S/C32H35ClFN5O2/c33-26-10-11-30(29(20-26)32(41)37-35-21-23-6-5-9-27(34)19-23)36-31(40)25-8-4-7-24(18-25)22-38-16-12-28(13-17-38)39-14-2-1-3-15-39/h4-11,18-21,28H,1-3,12-17,22H2,(H,36,40)(H,37,41)/b35-21+. The molecular weight excluding hydrogens is 541 g/mol. The van der Waals surface area contributed by atoms with Crippen LogP contribution in [-0.2, 0) is 6.54 Å². The number of amides is 2. The zero-order valence-corrected chi connectivity index (χ0v) is 23.7. The SMILES string of the molecule is O=C(Nc1ccc(Cl)cc1C(=O)N/N=C/c1cccc(F)c1)c1cccc(CN2CCC(N3CCCCC3)CC2)c1. The van der Waals surface area contributed by atoms with Crippen molar-refractivity contribution in [3.05, 3.63) is 99.8 Å². The summed E-state index contributed by atoms with van der Waals surface area (Å²) in [6.45, 7) is 5.39. The summed E-state index contributed by atoms with van der Waals surface area (Å²) in [4.78, 5) is 31.2. The smallest absolute Gasteiger partial charge is 0.273 e. The molecule has 2 saturated heterocycles. The second-order valence-electron chi connectivity index (χ2n) is 10.7. The molecule has 0 saturated carbocycles. The fourth-order valence-corrected chi connectivity index (χ4v) is 5.79. The number of nitrogens with one attached hydrogen (secondary N) is 2. The van der Waals surface area contributed by atoms with Gasteiger partial charge in [-0.2, -0.15) is 5.10 Å². The molecule has 3 aromatic rings. The Hall–Kier alpha value is -3.59. The van der Waals surface area contributed by atoms with Crippen molar-refractivity contribution < 1.29 is 14.0 Å². The van der Waals surface area contributed by atoms with E-state index in [1.807, 2.05) is 18.2 Å². The lowest BCUT2D eigenvalue weighted by molar-refractivity contribution is 0.0896. The first-order valence-corrected chi connectivity index (χ1v) is 14.6. The van der Waals surface area contributed by atoms with E-state index in [-0.39, 0.29) is 11.5 Å². The Morgan fingerprint density at radius 2 is 1.71 bits per heavy atom. The number of halogens is 2. The summed E-state index contributed by atoms with van der Waals surface area (Å²) in [5.74, 6) is -1.28. The maximum Gasteiger partial charge on any atom is 0.273 e. The highest BCUT2D eigenvalue weighted by Crippen LogP contribution is 2.24. The molecule has 9 heteroatoms. The summed E-state index contributed by atoms with van der Waals surface area (Å²) in [6, 6.07) is 18.8. The Balaban J connectivity index is 1.19. The summed E-state index contributed by atoms with van der Waals surface area (Å²) in [7, 11) is 0. The molecule has 2 amide bonds. The third-order valence-corrected chi connectivity index (χ3v) is 8.00. The van der Waals surface area contributed by atoms with Gasteiger partial charge in [0, 0.05) is 23.2 Å². The molecule has 7 nitrogen and oxygen atoms in total. The topological polar surface area (TPSA) is 77.0 Å². The first-order valence-electron chi connectivity index (χ1n) is 14.2. The number of rotatable bonds is 8. The van der Waals surface area contributed by atoms with Crippen molar-refractivity contribution in [1.82, 2.24) is 15.2 Å². The van der Waals surface area contributed by atoms with Gasteiger partial charge < -0.3 is 10.2 Å². The van der Waals surface area contributed by atoms with E-state index in [0.717, 1.165) is 25.2 Å². The summed E-state index contributed by atoms with van der Waals surface area (Å²) in [5.41, 5.74) is 4.97. The monoisotopic (exact) mass is 575 g/mol. The van der Waals surface area contributed by atoms with Gasteiger partial charge in [0.05, 0.1) is 17.5 Å². The molecule has 0 spiro atoms. The van der Waals surface area contributed by atoms with Crippen LogP contribution in [0.1, 0.15) is 63.9 Å². The van der Waals surface area contributed by atoms with Gasteiger partial charge in [0.15, 0.2) is 0 Å². The number of hydrogen-bond donors (Lipinski definition) is 2. The number of likely N-dealkylation sites (tertiary alicyclic amines) is 2. The fraction of sp³-hybridized carbons (Fsp3) is 0.344. The van der Waals surface area contributed by atoms with Crippen molar-refractivity contribution in [3.63, 3.8) is 0 Å². The minimum absolute atomic E-state index is 0.162.